The molecule has 0 amide bonds. The number of unbranched alkanes of at least 4 members (excludes halogenated alkanes) is 1. The number of nitrogens with zero attached hydrogens (tertiary/aromatic N) is 2. The SMILES string of the molecule is CCCCNc1cnn(CCF)c1C.Cl. The average Bonchev–Trinajstić information content (AvgIpc) is 2.51. The van der Waals surface area contributed by atoms with Crippen molar-refractivity contribution in [2.75, 3.05) is 18.5 Å². The molecule has 0 atom stereocenters. The van der Waals surface area contributed by atoms with Gasteiger partial charge in [0.2, 0.25) is 0 Å². The van der Waals surface area contributed by atoms with E-state index in [0.29, 0.717) is 6.54 Å². The first-order valence-corrected chi connectivity index (χ1v) is 5.11. The zero-order valence-corrected chi connectivity index (χ0v) is 10.1. The summed E-state index contributed by atoms with van der Waals surface area (Å²) in [5.41, 5.74) is 2.03. The molecule has 0 radical (unpaired) electrons. The molecule has 1 rings (SSSR count). The van der Waals surface area contributed by atoms with E-state index >= 15 is 0 Å². The minimum Gasteiger partial charge on any atom is -0.382 e. The number of nitrogens with one attached hydrogen (secondary N) is 1. The highest BCUT2D eigenvalue weighted by Gasteiger charge is 2.04. The highest BCUT2D eigenvalue weighted by atomic mass is 35.5. The summed E-state index contributed by atoms with van der Waals surface area (Å²) in [6.45, 7) is 5.05. The molecule has 88 valence electrons. The number of aryl methyl sites for hydroxylation is 1. The number of alkyl halides is 1. The second kappa shape index (κ2) is 7.51. The quantitative estimate of drug-likeness (QED) is 0.769. The predicted molar refractivity (Wildman–Crippen MR) is 63.6 cm³/mol. The van der Waals surface area contributed by atoms with Crippen LogP contribution in [-0.4, -0.2) is 23.0 Å². The fraction of sp³-hybridized carbons (Fsp3) is 0.700. The second-order valence-corrected chi connectivity index (χ2v) is 3.34. The lowest BCUT2D eigenvalue weighted by molar-refractivity contribution is 0.423. The lowest BCUT2D eigenvalue weighted by Gasteiger charge is -2.05. The molecule has 0 fully saturated rings. The lowest BCUT2D eigenvalue weighted by atomic mass is 10.3. The first-order chi connectivity index (χ1) is 6.79. The number of halogens is 2. The zero-order valence-electron chi connectivity index (χ0n) is 9.29. The molecule has 1 N–H and O–H groups in total. The number of hydrogen-bond donors (Lipinski definition) is 1. The fourth-order valence-corrected chi connectivity index (χ4v) is 1.33. The monoisotopic (exact) mass is 235 g/mol. The normalized spacial score (nSPS) is 9.80. The van der Waals surface area contributed by atoms with Crippen LogP contribution in [-0.2, 0) is 6.54 Å². The van der Waals surface area contributed by atoms with Gasteiger partial charge in [-0.05, 0) is 13.3 Å². The molecule has 0 unspecified atom stereocenters. The van der Waals surface area contributed by atoms with Crippen molar-refractivity contribution in [1.29, 1.82) is 0 Å². The van der Waals surface area contributed by atoms with Gasteiger partial charge >= 0.3 is 0 Å². The molecule has 0 aromatic carbocycles. The Hall–Kier alpha value is -0.770. The van der Waals surface area contributed by atoms with Crippen molar-refractivity contribution >= 4 is 18.1 Å². The summed E-state index contributed by atoms with van der Waals surface area (Å²) in [5, 5.41) is 7.39. The molecule has 1 aromatic heterocycles. The molecule has 1 aromatic rings. The van der Waals surface area contributed by atoms with Gasteiger partial charge in [0.25, 0.3) is 0 Å². The van der Waals surface area contributed by atoms with Crippen molar-refractivity contribution in [2.24, 2.45) is 0 Å². The van der Waals surface area contributed by atoms with Gasteiger partial charge in [0.05, 0.1) is 24.1 Å². The number of hydrogen-bond acceptors (Lipinski definition) is 2. The van der Waals surface area contributed by atoms with E-state index in [1.165, 1.54) is 6.42 Å². The molecule has 15 heavy (non-hydrogen) atoms. The Morgan fingerprint density at radius 2 is 2.27 bits per heavy atom. The number of aromatic nitrogens is 2. The average molecular weight is 236 g/mol. The van der Waals surface area contributed by atoms with Crippen LogP contribution in [0.4, 0.5) is 10.1 Å². The Morgan fingerprint density at radius 1 is 1.53 bits per heavy atom. The van der Waals surface area contributed by atoms with E-state index in [9.17, 15) is 4.39 Å². The largest absolute Gasteiger partial charge is 0.382 e. The maximum absolute atomic E-state index is 12.1. The molecule has 0 bridgehead atoms. The summed E-state index contributed by atoms with van der Waals surface area (Å²) in [4.78, 5) is 0. The van der Waals surface area contributed by atoms with E-state index in [-0.39, 0.29) is 19.1 Å². The van der Waals surface area contributed by atoms with E-state index in [2.05, 4.69) is 17.3 Å². The Bertz CT molecular complexity index is 276. The van der Waals surface area contributed by atoms with Gasteiger partial charge in [-0.2, -0.15) is 5.10 Å². The second-order valence-electron chi connectivity index (χ2n) is 3.34. The summed E-state index contributed by atoms with van der Waals surface area (Å²) >= 11 is 0. The highest BCUT2D eigenvalue weighted by Crippen LogP contribution is 2.13. The van der Waals surface area contributed by atoms with Crippen molar-refractivity contribution in [3.05, 3.63) is 11.9 Å². The number of rotatable bonds is 6. The van der Waals surface area contributed by atoms with E-state index in [4.69, 9.17) is 0 Å². The molecular formula is C10H19ClFN3. The van der Waals surface area contributed by atoms with Gasteiger partial charge in [0.15, 0.2) is 0 Å². The summed E-state index contributed by atoms with van der Waals surface area (Å²) in [7, 11) is 0. The predicted octanol–water partition coefficient (Wildman–Crippen LogP) is 2.79. The first-order valence-electron chi connectivity index (χ1n) is 5.11. The fourth-order valence-electron chi connectivity index (χ4n) is 1.33. The smallest absolute Gasteiger partial charge is 0.109 e. The third kappa shape index (κ3) is 4.08. The minimum atomic E-state index is -0.364. The van der Waals surface area contributed by atoms with Crippen LogP contribution in [0.1, 0.15) is 25.5 Å². The van der Waals surface area contributed by atoms with Crippen LogP contribution in [0.3, 0.4) is 0 Å². The van der Waals surface area contributed by atoms with E-state index in [1.54, 1.807) is 10.9 Å². The molecule has 0 aliphatic carbocycles. The van der Waals surface area contributed by atoms with Gasteiger partial charge in [0.1, 0.15) is 6.67 Å². The standard InChI is InChI=1S/C10H18FN3.ClH/c1-3-4-6-12-10-8-13-14(7-5-11)9(10)2;/h8,12H,3-7H2,1-2H3;1H. The molecule has 5 heteroatoms. The first kappa shape index (κ1) is 14.2. The maximum Gasteiger partial charge on any atom is 0.109 e. The van der Waals surface area contributed by atoms with E-state index in [1.807, 2.05) is 6.92 Å². The van der Waals surface area contributed by atoms with Gasteiger partial charge in [-0.25, -0.2) is 4.39 Å². The van der Waals surface area contributed by atoms with Gasteiger partial charge in [-0.1, -0.05) is 13.3 Å². The molecule has 0 aliphatic rings. The molecule has 1 heterocycles. The van der Waals surface area contributed by atoms with Gasteiger partial charge in [-0.15, -0.1) is 12.4 Å². The third-order valence-electron chi connectivity index (χ3n) is 2.25. The molecule has 3 nitrogen and oxygen atoms in total. The molecule has 0 spiro atoms. The Labute approximate surface area is 96.5 Å². The molecule has 0 aliphatic heterocycles. The van der Waals surface area contributed by atoms with Gasteiger partial charge < -0.3 is 5.32 Å². The Balaban J connectivity index is 0.00000196. The van der Waals surface area contributed by atoms with Crippen LogP contribution in [0.5, 0.6) is 0 Å². The Kier molecular flexibility index (Phi) is 7.13. The van der Waals surface area contributed by atoms with Crippen molar-refractivity contribution < 1.29 is 4.39 Å². The van der Waals surface area contributed by atoms with Crippen LogP contribution in [0.25, 0.3) is 0 Å². The van der Waals surface area contributed by atoms with Crippen molar-refractivity contribution in [3.63, 3.8) is 0 Å². The highest BCUT2D eigenvalue weighted by molar-refractivity contribution is 5.85. The van der Waals surface area contributed by atoms with Crippen LogP contribution in [0, 0.1) is 6.92 Å². The minimum absolute atomic E-state index is 0. The summed E-state index contributed by atoms with van der Waals surface area (Å²) in [6, 6.07) is 0. The van der Waals surface area contributed by atoms with E-state index < -0.39 is 0 Å². The van der Waals surface area contributed by atoms with Crippen molar-refractivity contribution in [3.8, 4) is 0 Å². The summed E-state index contributed by atoms with van der Waals surface area (Å²) in [6.07, 6.45) is 4.08. The zero-order chi connectivity index (χ0) is 10.4. The maximum atomic E-state index is 12.1. The van der Waals surface area contributed by atoms with Crippen molar-refractivity contribution in [1.82, 2.24) is 9.78 Å². The topological polar surface area (TPSA) is 29.9 Å². The molecule has 0 saturated carbocycles. The molecule has 0 saturated heterocycles. The van der Waals surface area contributed by atoms with Crippen LogP contribution >= 0.6 is 12.4 Å². The summed E-state index contributed by atoms with van der Waals surface area (Å²) < 4.78 is 13.8. The number of anilines is 1. The third-order valence-corrected chi connectivity index (χ3v) is 2.25. The van der Waals surface area contributed by atoms with Crippen LogP contribution < -0.4 is 5.32 Å². The van der Waals surface area contributed by atoms with Gasteiger partial charge in [0, 0.05) is 6.54 Å². The van der Waals surface area contributed by atoms with Gasteiger partial charge in [-0.3, -0.25) is 4.68 Å². The summed E-state index contributed by atoms with van der Waals surface area (Å²) in [5.74, 6) is 0. The molecular weight excluding hydrogens is 217 g/mol. The lowest BCUT2D eigenvalue weighted by Crippen LogP contribution is -2.05. The van der Waals surface area contributed by atoms with Crippen molar-refractivity contribution in [2.45, 2.75) is 33.2 Å². The van der Waals surface area contributed by atoms with Crippen LogP contribution in [0.15, 0.2) is 6.20 Å². The van der Waals surface area contributed by atoms with E-state index in [0.717, 1.165) is 24.3 Å². The Morgan fingerprint density at radius 3 is 2.87 bits per heavy atom. The van der Waals surface area contributed by atoms with Crippen LogP contribution in [0.2, 0.25) is 0 Å².